The molecule has 3 nitrogen and oxygen atoms in total. The van der Waals surface area contributed by atoms with Gasteiger partial charge in [0.05, 0.1) is 9.92 Å². The van der Waals surface area contributed by atoms with E-state index in [-0.39, 0.29) is 5.41 Å². The fourth-order valence-corrected chi connectivity index (χ4v) is 4.61. The lowest BCUT2D eigenvalue weighted by atomic mass is 9.80. The third kappa shape index (κ3) is 3.21. The molecule has 0 radical (unpaired) electrons. The van der Waals surface area contributed by atoms with Crippen molar-refractivity contribution < 1.29 is 8.42 Å². The van der Waals surface area contributed by atoms with Gasteiger partial charge >= 0.3 is 0 Å². The number of rotatable bonds is 2. The maximum atomic E-state index is 12.6. The standard InChI is InChI=1S/C14H19BrClNO2S/c1-14(2,3)10-6-7-17(9-10)20(18,19)11-4-5-13(16)12(15)8-11/h4-5,8,10H,6-7,9H2,1-3H3. The second-order valence-electron chi connectivity index (χ2n) is 6.29. The average molecular weight is 381 g/mol. The highest BCUT2D eigenvalue weighted by atomic mass is 79.9. The third-order valence-corrected chi connectivity index (χ3v) is 6.98. The summed E-state index contributed by atoms with van der Waals surface area (Å²) in [5, 5.41) is 0.512. The highest BCUT2D eigenvalue weighted by Gasteiger charge is 2.37. The van der Waals surface area contributed by atoms with Crippen LogP contribution < -0.4 is 0 Å². The van der Waals surface area contributed by atoms with Gasteiger partial charge < -0.3 is 0 Å². The zero-order valence-corrected chi connectivity index (χ0v) is 15.0. The van der Waals surface area contributed by atoms with Crippen LogP contribution in [0.15, 0.2) is 27.6 Å². The molecule has 20 heavy (non-hydrogen) atoms. The van der Waals surface area contributed by atoms with Crippen molar-refractivity contribution in [3.8, 4) is 0 Å². The summed E-state index contributed by atoms with van der Waals surface area (Å²) in [6, 6.07) is 4.74. The van der Waals surface area contributed by atoms with Crippen LogP contribution in [0.2, 0.25) is 5.02 Å². The Kier molecular flexibility index (Phi) is 4.55. The first-order chi connectivity index (χ1) is 9.12. The normalized spacial score (nSPS) is 21.4. The fraction of sp³-hybridized carbons (Fsp3) is 0.571. The van der Waals surface area contributed by atoms with Crippen molar-refractivity contribution in [2.75, 3.05) is 13.1 Å². The molecule has 0 aliphatic carbocycles. The van der Waals surface area contributed by atoms with E-state index in [4.69, 9.17) is 11.6 Å². The Hall–Kier alpha value is -0.100. The van der Waals surface area contributed by atoms with Gasteiger partial charge in [-0.25, -0.2) is 8.42 Å². The van der Waals surface area contributed by atoms with E-state index < -0.39 is 10.0 Å². The Morgan fingerprint density at radius 3 is 2.50 bits per heavy atom. The summed E-state index contributed by atoms with van der Waals surface area (Å²) in [7, 11) is -3.43. The second-order valence-corrected chi connectivity index (χ2v) is 9.49. The summed E-state index contributed by atoms with van der Waals surface area (Å²) >= 11 is 9.19. The maximum absolute atomic E-state index is 12.6. The van der Waals surface area contributed by atoms with E-state index in [0.29, 0.717) is 33.4 Å². The highest BCUT2D eigenvalue weighted by Crippen LogP contribution is 2.36. The van der Waals surface area contributed by atoms with E-state index in [2.05, 4.69) is 36.7 Å². The zero-order valence-electron chi connectivity index (χ0n) is 11.9. The minimum absolute atomic E-state index is 0.130. The molecule has 1 fully saturated rings. The Labute approximate surface area is 134 Å². The predicted octanol–water partition coefficient (Wildman–Crippen LogP) is 4.16. The Morgan fingerprint density at radius 1 is 1.35 bits per heavy atom. The molecule has 0 bridgehead atoms. The number of sulfonamides is 1. The zero-order chi connectivity index (χ0) is 15.1. The minimum Gasteiger partial charge on any atom is -0.207 e. The number of nitrogens with zero attached hydrogens (tertiary/aromatic N) is 1. The number of hydrogen-bond donors (Lipinski definition) is 0. The molecule has 1 aliphatic rings. The Bertz CT molecular complexity index is 610. The van der Waals surface area contributed by atoms with Crippen LogP contribution in [0.3, 0.4) is 0 Å². The van der Waals surface area contributed by atoms with Crippen LogP contribution >= 0.6 is 27.5 Å². The van der Waals surface area contributed by atoms with Crippen LogP contribution in [0.25, 0.3) is 0 Å². The molecule has 6 heteroatoms. The molecule has 1 heterocycles. The van der Waals surface area contributed by atoms with Crippen molar-refractivity contribution in [2.45, 2.75) is 32.1 Å². The van der Waals surface area contributed by atoms with Gasteiger partial charge in [0, 0.05) is 17.6 Å². The number of halogens is 2. The quantitative estimate of drug-likeness (QED) is 0.772. The molecular weight excluding hydrogens is 362 g/mol. The van der Waals surface area contributed by atoms with Gasteiger partial charge in [-0.15, -0.1) is 0 Å². The lowest BCUT2D eigenvalue weighted by Gasteiger charge is -2.26. The van der Waals surface area contributed by atoms with Gasteiger partial charge in [-0.05, 0) is 51.9 Å². The molecule has 0 saturated carbocycles. The molecule has 112 valence electrons. The summed E-state index contributed by atoms with van der Waals surface area (Å²) in [5.74, 6) is 0.396. The summed E-state index contributed by atoms with van der Waals surface area (Å²) in [4.78, 5) is 0.295. The van der Waals surface area contributed by atoms with E-state index in [1.807, 2.05) is 0 Å². The first-order valence-corrected chi connectivity index (χ1v) is 9.18. The topological polar surface area (TPSA) is 37.4 Å². The van der Waals surface area contributed by atoms with E-state index in [1.54, 1.807) is 22.5 Å². The van der Waals surface area contributed by atoms with Gasteiger partial charge in [-0.2, -0.15) is 4.31 Å². The van der Waals surface area contributed by atoms with Gasteiger partial charge in [0.2, 0.25) is 10.0 Å². The van der Waals surface area contributed by atoms with E-state index in [1.165, 1.54) is 0 Å². The van der Waals surface area contributed by atoms with Gasteiger partial charge in [-0.1, -0.05) is 32.4 Å². The Balaban J connectivity index is 2.26. The van der Waals surface area contributed by atoms with Gasteiger partial charge in [0.15, 0.2) is 0 Å². The van der Waals surface area contributed by atoms with Crippen molar-refractivity contribution >= 4 is 37.6 Å². The molecule has 1 atom stereocenters. The molecule has 0 N–H and O–H groups in total. The predicted molar refractivity (Wildman–Crippen MR) is 85.5 cm³/mol. The van der Waals surface area contributed by atoms with Crippen LogP contribution in [-0.2, 0) is 10.0 Å². The molecule has 1 aromatic rings. The Morgan fingerprint density at radius 2 is 2.00 bits per heavy atom. The van der Waals surface area contributed by atoms with Gasteiger partial charge in [-0.3, -0.25) is 0 Å². The highest BCUT2D eigenvalue weighted by molar-refractivity contribution is 9.10. The van der Waals surface area contributed by atoms with Crippen LogP contribution in [0.5, 0.6) is 0 Å². The molecule has 0 spiro atoms. The van der Waals surface area contributed by atoms with Crippen molar-refractivity contribution in [1.29, 1.82) is 0 Å². The van der Waals surface area contributed by atoms with Crippen molar-refractivity contribution in [3.05, 3.63) is 27.7 Å². The third-order valence-electron chi connectivity index (χ3n) is 3.90. The van der Waals surface area contributed by atoms with Crippen molar-refractivity contribution in [2.24, 2.45) is 11.3 Å². The summed E-state index contributed by atoms with van der Waals surface area (Å²) in [5.41, 5.74) is 0.130. The lowest BCUT2D eigenvalue weighted by Crippen LogP contribution is -2.31. The lowest BCUT2D eigenvalue weighted by molar-refractivity contribution is 0.252. The van der Waals surface area contributed by atoms with Crippen molar-refractivity contribution in [1.82, 2.24) is 4.31 Å². The monoisotopic (exact) mass is 379 g/mol. The molecular formula is C14H19BrClNO2S. The first kappa shape index (κ1) is 16.3. The molecule has 1 unspecified atom stereocenters. The summed E-state index contributed by atoms with van der Waals surface area (Å²) < 4.78 is 27.5. The molecule has 1 aromatic carbocycles. The second kappa shape index (κ2) is 5.59. The van der Waals surface area contributed by atoms with Crippen LogP contribution in [0, 0.1) is 11.3 Å². The van der Waals surface area contributed by atoms with Crippen LogP contribution in [-0.4, -0.2) is 25.8 Å². The molecule has 0 amide bonds. The smallest absolute Gasteiger partial charge is 0.207 e. The molecule has 0 aromatic heterocycles. The molecule has 1 saturated heterocycles. The first-order valence-electron chi connectivity index (χ1n) is 6.57. The van der Waals surface area contributed by atoms with Crippen LogP contribution in [0.1, 0.15) is 27.2 Å². The summed E-state index contributed by atoms with van der Waals surface area (Å²) in [6.45, 7) is 7.66. The van der Waals surface area contributed by atoms with Gasteiger partial charge in [0.1, 0.15) is 0 Å². The maximum Gasteiger partial charge on any atom is 0.243 e. The van der Waals surface area contributed by atoms with Crippen LogP contribution in [0.4, 0.5) is 0 Å². The van der Waals surface area contributed by atoms with E-state index in [9.17, 15) is 8.42 Å². The van der Waals surface area contributed by atoms with Gasteiger partial charge in [0.25, 0.3) is 0 Å². The van der Waals surface area contributed by atoms with E-state index >= 15 is 0 Å². The summed E-state index contributed by atoms with van der Waals surface area (Å²) in [6.07, 6.45) is 0.914. The number of benzene rings is 1. The minimum atomic E-state index is -3.43. The molecule has 2 rings (SSSR count). The SMILES string of the molecule is CC(C)(C)C1CCN(S(=O)(=O)c2ccc(Cl)c(Br)c2)C1. The van der Waals surface area contributed by atoms with E-state index in [0.717, 1.165) is 6.42 Å². The molecule has 1 aliphatic heterocycles. The average Bonchev–Trinajstić information content (AvgIpc) is 2.82. The fourth-order valence-electron chi connectivity index (χ4n) is 2.44. The number of hydrogen-bond acceptors (Lipinski definition) is 2. The largest absolute Gasteiger partial charge is 0.243 e. The van der Waals surface area contributed by atoms with Crippen molar-refractivity contribution in [3.63, 3.8) is 0 Å².